The lowest BCUT2D eigenvalue weighted by atomic mass is 10.2. The van der Waals surface area contributed by atoms with Crippen LogP contribution in [0.2, 0.25) is 0 Å². The molecule has 1 saturated heterocycles. The van der Waals surface area contributed by atoms with Crippen LogP contribution in [-0.2, 0) is 15.8 Å². The highest BCUT2D eigenvalue weighted by Gasteiger charge is 2.30. The Labute approximate surface area is 153 Å². The molecule has 1 unspecified atom stereocenters. The van der Waals surface area contributed by atoms with Crippen LogP contribution in [-0.4, -0.2) is 43.8 Å². The fourth-order valence-corrected chi connectivity index (χ4v) is 5.32. The van der Waals surface area contributed by atoms with E-state index in [0.29, 0.717) is 26.2 Å². The molecule has 0 spiro atoms. The molecule has 132 valence electrons. The average molecular weight is 376 g/mol. The predicted molar refractivity (Wildman–Crippen MR) is 99.6 cm³/mol. The van der Waals surface area contributed by atoms with E-state index >= 15 is 0 Å². The molecule has 1 aliphatic heterocycles. The van der Waals surface area contributed by atoms with Crippen LogP contribution >= 0.6 is 11.3 Å². The summed E-state index contributed by atoms with van der Waals surface area (Å²) in [6, 6.07) is 13.5. The lowest BCUT2D eigenvalue weighted by Gasteiger charge is -2.35. The van der Waals surface area contributed by atoms with Gasteiger partial charge in [0.15, 0.2) is 0 Å². The van der Waals surface area contributed by atoms with E-state index in [-0.39, 0.29) is 11.8 Å². The van der Waals surface area contributed by atoms with Crippen molar-refractivity contribution in [2.45, 2.75) is 18.7 Å². The SMILES string of the molecule is Cc1ccc(CS(=O)(=O)N2CCN(C(C#N)c3cccs3)CC2)cc1. The predicted octanol–water partition coefficient (Wildman–Crippen LogP) is 2.77. The Bertz CT molecular complexity index is 831. The molecular formula is C18H21N3O2S2. The Morgan fingerprint density at radius 1 is 1.16 bits per heavy atom. The average Bonchev–Trinajstić information content (AvgIpc) is 3.12. The minimum Gasteiger partial charge on any atom is -0.281 e. The molecule has 1 fully saturated rings. The van der Waals surface area contributed by atoms with Crippen molar-refractivity contribution in [3.05, 3.63) is 57.8 Å². The summed E-state index contributed by atoms with van der Waals surface area (Å²) in [6.45, 7) is 3.98. The normalized spacial score (nSPS) is 17.9. The maximum Gasteiger partial charge on any atom is 0.218 e. The monoisotopic (exact) mass is 375 g/mol. The van der Waals surface area contributed by atoms with Gasteiger partial charge in [0.2, 0.25) is 10.0 Å². The Balaban J connectivity index is 1.63. The Hall–Kier alpha value is -1.72. The van der Waals surface area contributed by atoms with Gasteiger partial charge in [-0.3, -0.25) is 4.90 Å². The fraction of sp³-hybridized carbons (Fsp3) is 0.389. The van der Waals surface area contributed by atoms with E-state index in [0.717, 1.165) is 16.0 Å². The van der Waals surface area contributed by atoms with Crippen LogP contribution in [0, 0.1) is 18.3 Å². The van der Waals surface area contributed by atoms with Gasteiger partial charge < -0.3 is 0 Å². The first-order chi connectivity index (χ1) is 12.0. The van der Waals surface area contributed by atoms with Crippen LogP contribution in [0.1, 0.15) is 22.0 Å². The van der Waals surface area contributed by atoms with Gasteiger partial charge in [0.05, 0.1) is 11.8 Å². The van der Waals surface area contributed by atoms with Gasteiger partial charge in [0.1, 0.15) is 6.04 Å². The minimum atomic E-state index is -3.33. The molecule has 25 heavy (non-hydrogen) atoms. The Kier molecular flexibility index (Phi) is 5.54. The van der Waals surface area contributed by atoms with Gasteiger partial charge >= 0.3 is 0 Å². The van der Waals surface area contributed by atoms with E-state index < -0.39 is 10.0 Å². The topological polar surface area (TPSA) is 64.4 Å². The zero-order valence-corrected chi connectivity index (χ0v) is 15.8. The molecule has 0 amide bonds. The molecular weight excluding hydrogens is 354 g/mol. The molecule has 1 aromatic heterocycles. The van der Waals surface area contributed by atoms with E-state index in [1.165, 1.54) is 0 Å². The Morgan fingerprint density at radius 2 is 1.84 bits per heavy atom. The molecule has 0 radical (unpaired) electrons. The highest BCUT2D eigenvalue weighted by molar-refractivity contribution is 7.88. The molecule has 3 rings (SSSR count). The van der Waals surface area contributed by atoms with Crippen LogP contribution < -0.4 is 0 Å². The first kappa shape index (κ1) is 18.1. The number of piperazine rings is 1. The highest BCUT2D eigenvalue weighted by Crippen LogP contribution is 2.26. The molecule has 5 nitrogen and oxygen atoms in total. The highest BCUT2D eigenvalue weighted by atomic mass is 32.2. The number of hydrogen-bond donors (Lipinski definition) is 0. The van der Waals surface area contributed by atoms with Crippen LogP contribution in [0.5, 0.6) is 0 Å². The van der Waals surface area contributed by atoms with Crippen molar-refractivity contribution >= 4 is 21.4 Å². The van der Waals surface area contributed by atoms with E-state index in [2.05, 4.69) is 11.0 Å². The van der Waals surface area contributed by atoms with Crippen LogP contribution in [0.15, 0.2) is 41.8 Å². The molecule has 0 aliphatic carbocycles. The lowest BCUT2D eigenvalue weighted by molar-refractivity contribution is 0.164. The molecule has 0 bridgehead atoms. The van der Waals surface area contributed by atoms with Crippen molar-refractivity contribution in [2.75, 3.05) is 26.2 Å². The summed E-state index contributed by atoms with van der Waals surface area (Å²) < 4.78 is 26.9. The van der Waals surface area contributed by atoms with Crippen LogP contribution in [0.25, 0.3) is 0 Å². The molecule has 2 aromatic rings. The summed E-state index contributed by atoms with van der Waals surface area (Å²) in [5, 5.41) is 11.4. The zero-order chi connectivity index (χ0) is 17.9. The van der Waals surface area contributed by atoms with Crippen molar-refractivity contribution < 1.29 is 8.42 Å². The first-order valence-corrected chi connectivity index (χ1v) is 10.7. The van der Waals surface area contributed by atoms with Crippen LogP contribution in [0.3, 0.4) is 0 Å². The second kappa shape index (κ2) is 7.67. The second-order valence-electron chi connectivity index (χ2n) is 6.22. The minimum absolute atomic E-state index is 0.0277. The summed E-state index contributed by atoms with van der Waals surface area (Å²) in [7, 11) is -3.33. The maximum atomic E-state index is 12.7. The fourth-order valence-electron chi connectivity index (χ4n) is 3.00. The van der Waals surface area contributed by atoms with Gasteiger partial charge in [-0.1, -0.05) is 35.9 Å². The van der Waals surface area contributed by atoms with Crippen molar-refractivity contribution in [2.24, 2.45) is 0 Å². The number of nitrogens with zero attached hydrogens (tertiary/aromatic N) is 3. The number of nitriles is 1. The maximum absolute atomic E-state index is 12.7. The van der Waals surface area contributed by atoms with Crippen LogP contribution in [0.4, 0.5) is 0 Å². The molecule has 1 aromatic carbocycles. The molecule has 2 heterocycles. The summed E-state index contributed by atoms with van der Waals surface area (Å²) >= 11 is 1.56. The largest absolute Gasteiger partial charge is 0.281 e. The van der Waals surface area contributed by atoms with Crippen molar-refractivity contribution in [3.8, 4) is 6.07 Å². The number of thiophene rings is 1. The van der Waals surface area contributed by atoms with Gasteiger partial charge in [-0.25, -0.2) is 8.42 Å². The number of sulfonamides is 1. The van der Waals surface area contributed by atoms with Crippen molar-refractivity contribution in [1.29, 1.82) is 5.26 Å². The molecule has 7 heteroatoms. The lowest BCUT2D eigenvalue weighted by Crippen LogP contribution is -2.49. The molecule has 0 N–H and O–H groups in total. The van der Waals surface area contributed by atoms with Gasteiger partial charge in [-0.2, -0.15) is 9.57 Å². The summed E-state index contributed by atoms with van der Waals surface area (Å²) in [6.07, 6.45) is 0. The van der Waals surface area contributed by atoms with E-state index in [1.807, 2.05) is 48.7 Å². The number of rotatable bonds is 5. The van der Waals surface area contributed by atoms with E-state index in [9.17, 15) is 13.7 Å². The summed E-state index contributed by atoms with van der Waals surface area (Å²) in [4.78, 5) is 3.07. The van der Waals surface area contributed by atoms with Crippen molar-refractivity contribution in [3.63, 3.8) is 0 Å². The van der Waals surface area contributed by atoms with Gasteiger partial charge in [-0.15, -0.1) is 11.3 Å². The number of benzene rings is 1. The first-order valence-electron chi connectivity index (χ1n) is 8.20. The summed E-state index contributed by atoms with van der Waals surface area (Å²) in [5.74, 6) is 0.0277. The van der Waals surface area contributed by atoms with Gasteiger partial charge in [-0.05, 0) is 23.9 Å². The molecule has 0 saturated carbocycles. The number of aryl methyl sites for hydroxylation is 1. The summed E-state index contributed by atoms with van der Waals surface area (Å²) in [5.41, 5.74) is 1.92. The Morgan fingerprint density at radius 3 is 2.40 bits per heavy atom. The third-order valence-corrected chi connectivity index (χ3v) is 7.21. The molecule has 1 atom stereocenters. The van der Waals surface area contributed by atoms with Gasteiger partial charge in [0, 0.05) is 31.1 Å². The molecule has 1 aliphatic rings. The van der Waals surface area contributed by atoms with Crippen molar-refractivity contribution in [1.82, 2.24) is 9.21 Å². The standard InChI is InChI=1S/C18H21N3O2S2/c1-15-4-6-16(7-5-15)14-25(22,23)21-10-8-20(9-11-21)17(13-19)18-3-2-12-24-18/h2-7,12,17H,8-11,14H2,1H3. The third kappa shape index (κ3) is 4.28. The smallest absolute Gasteiger partial charge is 0.218 e. The third-order valence-electron chi connectivity index (χ3n) is 4.44. The number of hydrogen-bond acceptors (Lipinski definition) is 5. The quantitative estimate of drug-likeness (QED) is 0.806. The second-order valence-corrected chi connectivity index (χ2v) is 9.17. The van der Waals surface area contributed by atoms with Gasteiger partial charge in [0.25, 0.3) is 0 Å². The van der Waals surface area contributed by atoms with E-state index in [4.69, 9.17) is 0 Å². The zero-order valence-electron chi connectivity index (χ0n) is 14.1. The van der Waals surface area contributed by atoms with E-state index in [1.54, 1.807) is 15.6 Å².